The summed E-state index contributed by atoms with van der Waals surface area (Å²) in [6, 6.07) is 13.2. The van der Waals surface area contributed by atoms with Crippen LogP contribution in [0.3, 0.4) is 0 Å². The number of aryl methyl sites for hydroxylation is 1. The van der Waals surface area contributed by atoms with Gasteiger partial charge in [0.05, 0.1) is 24.1 Å². The van der Waals surface area contributed by atoms with Crippen LogP contribution >= 0.6 is 0 Å². The molecule has 37 heavy (non-hydrogen) atoms. The van der Waals surface area contributed by atoms with Gasteiger partial charge in [0.1, 0.15) is 18.5 Å². The highest BCUT2D eigenvalue weighted by molar-refractivity contribution is 6.05. The van der Waals surface area contributed by atoms with E-state index in [2.05, 4.69) is 15.6 Å². The Balaban J connectivity index is 1.23. The van der Waals surface area contributed by atoms with Crippen LogP contribution < -0.4 is 10.6 Å². The van der Waals surface area contributed by atoms with E-state index in [0.717, 1.165) is 16.8 Å². The molecule has 1 aromatic heterocycles. The highest BCUT2D eigenvalue weighted by Crippen LogP contribution is 2.30. The Morgan fingerprint density at radius 3 is 2.70 bits per heavy atom. The Hall–Kier alpha value is -4.60. The number of pyridine rings is 1. The van der Waals surface area contributed by atoms with Gasteiger partial charge in [-0.15, -0.1) is 0 Å². The molecule has 0 saturated carbocycles. The van der Waals surface area contributed by atoms with Crippen molar-refractivity contribution in [2.75, 3.05) is 5.32 Å². The number of carbonyl (C=O) groups is 4. The molecule has 0 radical (unpaired) electrons. The Labute approximate surface area is 211 Å². The standard InChI is InChI=1S/C27H23FN4O5/c1-15-9-18(12-29-24(15)17-5-3-2-4-6-17)30-27(36)37-14-16-10-19-20(21(28)11-16)13-32(26(19)35)22-7-8-23(33)31-25(22)34/h2-6,9-12,22H,7-8,13-14H2,1H3,(H,30,36)(H,31,33,34). The van der Waals surface area contributed by atoms with Gasteiger partial charge in [0, 0.05) is 23.1 Å². The van der Waals surface area contributed by atoms with Crippen molar-refractivity contribution in [3.8, 4) is 11.3 Å². The normalized spacial score (nSPS) is 16.9. The van der Waals surface area contributed by atoms with Gasteiger partial charge in [-0.25, -0.2) is 9.18 Å². The van der Waals surface area contributed by atoms with Crippen LogP contribution in [0.1, 0.15) is 39.9 Å². The average molecular weight is 503 g/mol. The van der Waals surface area contributed by atoms with Crippen molar-refractivity contribution in [3.63, 3.8) is 0 Å². The summed E-state index contributed by atoms with van der Waals surface area (Å²) in [6.45, 7) is 1.55. The van der Waals surface area contributed by atoms with Crippen LogP contribution in [0.25, 0.3) is 11.3 Å². The quantitative estimate of drug-likeness (QED) is 0.514. The lowest BCUT2D eigenvalue weighted by Gasteiger charge is -2.29. The van der Waals surface area contributed by atoms with Crippen molar-refractivity contribution in [2.45, 2.75) is 39.0 Å². The first kappa shape index (κ1) is 24.1. The van der Waals surface area contributed by atoms with E-state index in [9.17, 15) is 23.6 Å². The first-order valence-electron chi connectivity index (χ1n) is 11.7. The van der Waals surface area contributed by atoms with Crippen molar-refractivity contribution in [3.05, 3.63) is 82.8 Å². The summed E-state index contributed by atoms with van der Waals surface area (Å²) < 4.78 is 20.1. The van der Waals surface area contributed by atoms with Crippen LogP contribution in [0.4, 0.5) is 14.9 Å². The maximum atomic E-state index is 14.8. The summed E-state index contributed by atoms with van der Waals surface area (Å²) in [5.41, 5.74) is 3.63. The molecule has 9 nitrogen and oxygen atoms in total. The number of hydrogen-bond donors (Lipinski definition) is 2. The number of amides is 4. The molecule has 5 rings (SSSR count). The molecule has 0 aliphatic carbocycles. The lowest BCUT2D eigenvalue weighted by molar-refractivity contribution is -0.136. The molecule has 3 heterocycles. The second-order valence-electron chi connectivity index (χ2n) is 8.96. The first-order valence-corrected chi connectivity index (χ1v) is 11.7. The van der Waals surface area contributed by atoms with Crippen molar-refractivity contribution < 1.29 is 28.3 Å². The van der Waals surface area contributed by atoms with E-state index in [1.165, 1.54) is 23.2 Å². The average Bonchev–Trinajstić information content (AvgIpc) is 3.20. The van der Waals surface area contributed by atoms with Crippen molar-refractivity contribution in [2.24, 2.45) is 0 Å². The lowest BCUT2D eigenvalue weighted by atomic mass is 10.0. The van der Waals surface area contributed by atoms with Crippen LogP contribution in [-0.2, 0) is 27.5 Å². The Morgan fingerprint density at radius 2 is 1.97 bits per heavy atom. The number of piperidine rings is 1. The fourth-order valence-corrected chi connectivity index (χ4v) is 4.60. The van der Waals surface area contributed by atoms with Gasteiger partial charge in [0.2, 0.25) is 11.8 Å². The zero-order chi connectivity index (χ0) is 26.1. The van der Waals surface area contributed by atoms with Gasteiger partial charge in [-0.1, -0.05) is 30.3 Å². The predicted octanol–water partition coefficient (Wildman–Crippen LogP) is 3.71. The molecule has 2 aliphatic heterocycles. The molecule has 10 heteroatoms. The number of rotatable bonds is 5. The highest BCUT2D eigenvalue weighted by atomic mass is 19.1. The third kappa shape index (κ3) is 4.90. The number of carbonyl (C=O) groups excluding carboxylic acids is 4. The molecule has 1 fully saturated rings. The minimum absolute atomic E-state index is 0.0702. The molecule has 2 aromatic carbocycles. The van der Waals surface area contributed by atoms with Gasteiger partial charge in [0.25, 0.3) is 5.91 Å². The fourth-order valence-electron chi connectivity index (χ4n) is 4.60. The van der Waals surface area contributed by atoms with E-state index in [-0.39, 0.29) is 37.1 Å². The molecule has 1 atom stereocenters. The van der Waals surface area contributed by atoms with Crippen LogP contribution in [0.15, 0.2) is 54.7 Å². The number of benzene rings is 2. The van der Waals surface area contributed by atoms with E-state index in [1.54, 1.807) is 6.07 Å². The summed E-state index contributed by atoms with van der Waals surface area (Å²) in [7, 11) is 0. The summed E-state index contributed by atoms with van der Waals surface area (Å²) in [4.78, 5) is 54.6. The van der Waals surface area contributed by atoms with E-state index in [0.29, 0.717) is 11.3 Å². The third-order valence-corrected chi connectivity index (χ3v) is 6.40. The van der Waals surface area contributed by atoms with Gasteiger partial charge >= 0.3 is 6.09 Å². The zero-order valence-corrected chi connectivity index (χ0v) is 19.9. The number of nitrogens with one attached hydrogen (secondary N) is 2. The van der Waals surface area contributed by atoms with Crippen molar-refractivity contribution in [1.82, 2.24) is 15.2 Å². The van der Waals surface area contributed by atoms with Gasteiger partial charge in [-0.05, 0) is 42.7 Å². The zero-order valence-electron chi connectivity index (χ0n) is 19.9. The summed E-state index contributed by atoms with van der Waals surface area (Å²) in [6.07, 6.45) is 1.06. The summed E-state index contributed by atoms with van der Waals surface area (Å²) in [5, 5.41) is 4.81. The Morgan fingerprint density at radius 1 is 1.19 bits per heavy atom. The third-order valence-electron chi connectivity index (χ3n) is 6.40. The van der Waals surface area contributed by atoms with Crippen LogP contribution in [-0.4, -0.2) is 39.7 Å². The number of fused-ring (bicyclic) bond motifs is 1. The maximum Gasteiger partial charge on any atom is 0.412 e. The SMILES string of the molecule is Cc1cc(NC(=O)OCc2cc(F)c3c(c2)C(=O)N(C2CCC(=O)NC2=O)C3)cnc1-c1ccccc1. The fraction of sp³-hybridized carbons (Fsp3) is 0.222. The largest absolute Gasteiger partial charge is 0.444 e. The van der Waals surface area contributed by atoms with Gasteiger partial charge in [-0.3, -0.25) is 30.0 Å². The van der Waals surface area contributed by atoms with Crippen LogP contribution in [0, 0.1) is 12.7 Å². The van der Waals surface area contributed by atoms with Gasteiger partial charge in [-0.2, -0.15) is 0 Å². The summed E-state index contributed by atoms with van der Waals surface area (Å²) >= 11 is 0. The minimum Gasteiger partial charge on any atom is -0.444 e. The molecular formula is C27H23FN4O5. The molecule has 3 aromatic rings. The van der Waals surface area contributed by atoms with Crippen molar-refractivity contribution >= 4 is 29.5 Å². The minimum atomic E-state index is -0.840. The number of aromatic nitrogens is 1. The molecule has 2 N–H and O–H groups in total. The maximum absolute atomic E-state index is 14.8. The smallest absolute Gasteiger partial charge is 0.412 e. The number of nitrogens with zero attached hydrogens (tertiary/aromatic N) is 2. The number of imide groups is 1. The second kappa shape index (κ2) is 9.81. The van der Waals surface area contributed by atoms with Crippen LogP contribution in [0.5, 0.6) is 0 Å². The van der Waals surface area contributed by atoms with E-state index in [1.807, 2.05) is 37.3 Å². The number of halogens is 1. The highest BCUT2D eigenvalue weighted by Gasteiger charge is 2.40. The lowest BCUT2D eigenvalue weighted by Crippen LogP contribution is -2.52. The molecule has 4 amide bonds. The second-order valence-corrected chi connectivity index (χ2v) is 8.96. The summed E-state index contributed by atoms with van der Waals surface area (Å²) in [5.74, 6) is -2.10. The molecule has 2 aliphatic rings. The molecular weight excluding hydrogens is 479 g/mol. The van der Waals surface area contributed by atoms with Gasteiger partial charge < -0.3 is 9.64 Å². The van der Waals surface area contributed by atoms with E-state index >= 15 is 0 Å². The Kier molecular flexibility index (Phi) is 6.39. The molecule has 188 valence electrons. The Bertz CT molecular complexity index is 1430. The number of anilines is 1. The molecule has 1 unspecified atom stereocenters. The first-order chi connectivity index (χ1) is 17.8. The molecule has 1 saturated heterocycles. The van der Waals surface area contributed by atoms with Gasteiger partial charge in [0.15, 0.2) is 0 Å². The monoisotopic (exact) mass is 502 g/mol. The van der Waals surface area contributed by atoms with Crippen LogP contribution in [0.2, 0.25) is 0 Å². The topological polar surface area (TPSA) is 118 Å². The van der Waals surface area contributed by atoms with Crippen molar-refractivity contribution in [1.29, 1.82) is 0 Å². The van der Waals surface area contributed by atoms with E-state index in [4.69, 9.17) is 4.74 Å². The number of ether oxygens (including phenoxy) is 1. The molecule has 0 bridgehead atoms. The predicted molar refractivity (Wildman–Crippen MR) is 131 cm³/mol. The molecule has 0 spiro atoms. The van der Waals surface area contributed by atoms with E-state index < -0.39 is 35.7 Å². The number of hydrogen-bond acceptors (Lipinski definition) is 6.